The normalized spacial score (nSPS) is 17.2. The third kappa shape index (κ3) is 10.9. The zero-order valence-corrected chi connectivity index (χ0v) is 19.0. The van der Waals surface area contributed by atoms with Gasteiger partial charge in [-0.15, -0.1) is 24.0 Å². The van der Waals surface area contributed by atoms with Crippen molar-refractivity contribution < 1.29 is 4.79 Å². The molecule has 0 aromatic heterocycles. The first-order valence-electron chi connectivity index (χ1n) is 9.37. The Morgan fingerprint density at radius 3 is 2.28 bits per heavy atom. The summed E-state index contributed by atoms with van der Waals surface area (Å²) in [5.41, 5.74) is 0. The zero-order valence-electron chi connectivity index (χ0n) is 16.7. The van der Waals surface area contributed by atoms with E-state index in [1.807, 2.05) is 11.9 Å². The van der Waals surface area contributed by atoms with Crippen molar-refractivity contribution in [3.05, 3.63) is 0 Å². The third-order valence-corrected chi connectivity index (χ3v) is 4.56. The Hall–Kier alpha value is -0.570. The molecule has 1 saturated heterocycles. The van der Waals surface area contributed by atoms with Crippen LogP contribution in [0.3, 0.4) is 0 Å². The second-order valence-electron chi connectivity index (χ2n) is 7.22. The van der Waals surface area contributed by atoms with Crippen LogP contribution in [0.1, 0.15) is 47.0 Å². The standard InChI is InChI=1S/C18H37N5O.HI/c1-15(2)7-6-8-16(3)21-18(19-5)20-9-10-22-11-13-23(14-12-22)17(4)24;/h15-16H,6-14H2,1-5H3,(H2,19,20,21);1H. The molecule has 1 aliphatic heterocycles. The van der Waals surface area contributed by atoms with Crippen molar-refractivity contribution in [2.24, 2.45) is 10.9 Å². The molecule has 2 N–H and O–H groups in total. The second-order valence-corrected chi connectivity index (χ2v) is 7.22. The lowest BCUT2D eigenvalue weighted by molar-refractivity contribution is -0.130. The first-order valence-corrected chi connectivity index (χ1v) is 9.37. The second kappa shape index (κ2) is 13.6. The van der Waals surface area contributed by atoms with E-state index in [1.54, 1.807) is 6.92 Å². The molecule has 148 valence electrons. The van der Waals surface area contributed by atoms with Crippen LogP contribution in [0.2, 0.25) is 0 Å². The largest absolute Gasteiger partial charge is 0.355 e. The van der Waals surface area contributed by atoms with Gasteiger partial charge < -0.3 is 15.5 Å². The van der Waals surface area contributed by atoms with E-state index in [9.17, 15) is 4.79 Å². The maximum Gasteiger partial charge on any atom is 0.219 e. The van der Waals surface area contributed by atoms with Gasteiger partial charge in [-0.2, -0.15) is 0 Å². The molecular weight excluding hydrogens is 429 g/mol. The van der Waals surface area contributed by atoms with Gasteiger partial charge in [0.25, 0.3) is 0 Å². The molecule has 1 aliphatic rings. The number of hydrogen-bond donors (Lipinski definition) is 2. The highest BCUT2D eigenvalue weighted by molar-refractivity contribution is 14.0. The van der Waals surface area contributed by atoms with E-state index in [2.05, 4.69) is 41.3 Å². The fraction of sp³-hybridized carbons (Fsp3) is 0.889. The summed E-state index contributed by atoms with van der Waals surface area (Å²) in [7, 11) is 1.82. The van der Waals surface area contributed by atoms with Crippen molar-refractivity contribution in [3.8, 4) is 0 Å². The lowest BCUT2D eigenvalue weighted by atomic mass is 10.0. The predicted molar refractivity (Wildman–Crippen MR) is 117 cm³/mol. The van der Waals surface area contributed by atoms with Crippen molar-refractivity contribution in [2.45, 2.75) is 53.0 Å². The Balaban J connectivity index is 0.00000576. The molecule has 1 unspecified atom stereocenters. The van der Waals surface area contributed by atoms with Gasteiger partial charge >= 0.3 is 0 Å². The number of rotatable bonds is 8. The lowest BCUT2D eigenvalue weighted by Gasteiger charge is -2.34. The van der Waals surface area contributed by atoms with Crippen LogP contribution in [-0.4, -0.2) is 74.0 Å². The number of nitrogens with one attached hydrogen (secondary N) is 2. The number of carbonyl (C=O) groups excluding carboxylic acids is 1. The summed E-state index contributed by atoms with van der Waals surface area (Å²) in [5.74, 6) is 1.84. The monoisotopic (exact) mass is 467 g/mol. The topological polar surface area (TPSA) is 60.0 Å². The summed E-state index contributed by atoms with van der Waals surface area (Å²) < 4.78 is 0. The quantitative estimate of drug-likeness (QED) is 0.326. The highest BCUT2D eigenvalue weighted by atomic mass is 127. The Labute approximate surface area is 171 Å². The van der Waals surface area contributed by atoms with Gasteiger partial charge in [-0.3, -0.25) is 14.7 Å². The first kappa shape index (κ1) is 24.4. The molecule has 0 aliphatic carbocycles. The van der Waals surface area contributed by atoms with Gasteiger partial charge in [0.15, 0.2) is 5.96 Å². The molecule has 0 spiro atoms. The molecule has 25 heavy (non-hydrogen) atoms. The number of hydrogen-bond acceptors (Lipinski definition) is 3. The molecule has 1 fully saturated rings. The number of halogens is 1. The van der Waals surface area contributed by atoms with Gasteiger partial charge in [0.1, 0.15) is 0 Å². The average Bonchev–Trinajstić information content (AvgIpc) is 2.54. The van der Waals surface area contributed by atoms with Crippen LogP contribution in [0.25, 0.3) is 0 Å². The summed E-state index contributed by atoms with van der Waals surface area (Å²) in [6.07, 6.45) is 3.71. The molecule has 0 aromatic rings. The molecule has 0 bridgehead atoms. The summed E-state index contributed by atoms with van der Waals surface area (Å²) >= 11 is 0. The molecule has 1 atom stereocenters. The number of aliphatic imine (C=N–C) groups is 1. The van der Waals surface area contributed by atoms with Crippen molar-refractivity contribution in [1.82, 2.24) is 20.4 Å². The van der Waals surface area contributed by atoms with Gasteiger partial charge in [0, 0.05) is 59.3 Å². The molecular formula is C18H38IN5O. The maximum absolute atomic E-state index is 11.3. The predicted octanol–water partition coefficient (Wildman–Crippen LogP) is 2.15. The number of nitrogens with zero attached hydrogens (tertiary/aromatic N) is 3. The summed E-state index contributed by atoms with van der Waals surface area (Å²) in [5, 5.41) is 6.87. The summed E-state index contributed by atoms with van der Waals surface area (Å²) in [6, 6.07) is 0.439. The van der Waals surface area contributed by atoms with Crippen LogP contribution in [0.15, 0.2) is 4.99 Å². The molecule has 0 radical (unpaired) electrons. The minimum Gasteiger partial charge on any atom is -0.355 e. The van der Waals surface area contributed by atoms with Crippen molar-refractivity contribution in [3.63, 3.8) is 0 Å². The van der Waals surface area contributed by atoms with E-state index < -0.39 is 0 Å². The van der Waals surface area contributed by atoms with E-state index in [-0.39, 0.29) is 29.9 Å². The number of amides is 1. The molecule has 7 heteroatoms. The third-order valence-electron chi connectivity index (χ3n) is 4.56. The fourth-order valence-electron chi connectivity index (χ4n) is 2.95. The van der Waals surface area contributed by atoms with Crippen molar-refractivity contribution in [2.75, 3.05) is 46.3 Å². The van der Waals surface area contributed by atoms with Gasteiger partial charge in [0.05, 0.1) is 0 Å². The summed E-state index contributed by atoms with van der Waals surface area (Å²) in [4.78, 5) is 20.0. The zero-order chi connectivity index (χ0) is 17.9. The molecule has 1 rings (SSSR count). The smallest absolute Gasteiger partial charge is 0.219 e. The van der Waals surface area contributed by atoms with E-state index in [4.69, 9.17) is 0 Å². The molecule has 1 heterocycles. The SMILES string of the molecule is CN=C(NCCN1CCN(C(C)=O)CC1)NC(C)CCCC(C)C.I. The molecule has 6 nitrogen and oxygen atoms in total. The Kier molecular flexibility index (Phi) is 13.3. The van der Waals surface area contributed by atoms with E-state index in [1.165, 1.54) is 19.3 Å². The van der Waals surface area contributed by atoms with Gasteiger partial charge in [-0.25, -0.2) is 0 Å². The van der Waals surface area contributed by atoms with E-state index in [0.29, 0.717) is 6.04 Å². The Bertz CT molecular complexity index is 395. The van der Waals surface area contributed by atoms with Crippen LogP contribution in [0.4, 0.5) is 0 Å². The van der Waals surface area contributed by atoms with E-state index in [0.717, 1.165) is 51.1 Å². The van der Waals surface area contributed by atoms with Gasteiger partial charge in [0.2, 0.25) is 5.91 Å². The van der Waals surface area contributed by atoms with Crippen LogP contribution in [-0.2, 0) is 4.79 Å². The van der Waals surface area contributed by atoms with Crippen LogP contribution >= 0.6 is 24.0 Å². The Morgan fingerprint density at radius 2 is 1.76 bits per heavy atom. The first-order chi connectivity index (χ1) is 11.4. The van der Waals surface area contributed by atoms with Crippen molar-refractivity contribution in [1.29, 1.82) is 0 Å². The van der Waals surface area contributed by atoms with Gasteiger partial charge in [-0.05, 0) is 19.3 Å². The number of piperazine rings is 1. The van der Waals surface area contributed by atoms with Crippen LogP contribution in [0, 0.1) is 5.92 Å². The highest BCUT2D eigenvalue weighted by Crippen LogP contribution is 2.08. The Morgan fingerprint density at radius 1 is 1.12 bits per heavy atom. The summed E-state index contributed by atoms with van der Waals surface area (Å²) in [6.45, 7) is 13.9. The highest BCUT2D eigenvalue weighted by Gasteiger charge is 2.18. The minimum absolute atomic E-state index is 0. The van der Waals surface area contributed by atoms with Crippen molar-refractivity contribution >= 4 is 35.8 Å². The molecule has 0 aromatic carbocycles. The molecule has 1 amide bonds. The van der Waals surface area contributed by atoms with E-state index >= 15 is 0 Å². The van der Waals surface area contributed by atoms with Crippen LogP contribution < -0.4 is 10.6 Å². The van der Waals surface area contributed by atoms with Crippen LogP contribution in [0.5, 0.6) is 0 Å². The maximum atomic E-state index is 11.3. The van der Waals surface area contributed by atoms with Gasteiger partial charge in [-0.1, -0.05) is 26.7 Å². The minimum atomic E-state index is 0. The number of guanidine groups is 1. The molecule has 0 saturated carbocycles. The average molecular weight is 467 g/mol. The fourth-order valence-corrected chi connectivity index (χ4v) is 2.95. The number of carbonyl (C=O) groups is 1. The lowest BCUT2D eigenvalue weighted by Crippen LogP contribution is -2.50.